The molecular formula is C15H14ClN3O. The van der Waals surface area contributed by atoms with Gasteiger partial charge in [-0.15, -0.1) is 10.2 Å². The number of ether oxygens (including phenoxy) is 1. The number of nitrogens with zero attached hydrogens (tertiary/aromatic N) is 3. The molecule has 0 unspecified atom stereocenters. The summed E-state index contributed by atoms with van der Waals surface area (Å²) in [6, 6.07) is 9.94. The van der Waals surface area contributed by atoms with E-state index in [9.17, 15) is 0 Å². The number of rotatable bonds is 2. The van der Waals surface area contributed by atoms with Gasteiger partial charge in [-0.3, -0.25) is 4.40 Å². The smallest absolute Gasteiger partial charge is 0.175 e. The quantitative estimate of drug-likeness (QED) is 0.722. The number of aryl methyl sites for hydroxylation is 2. The summed E-state index contributed by atoms with van der Waals surface area (Å²) < 4.78 is 7.45. The molecule has 5 heteroatoms. The fourth-order valence-electron chi connectivity index (χ4n) is 2.33. The van der Waals surface area contributed by atoms with Crippen LogP contribution < -0.4 is 4.74 Å². The van der Waals surface area contributed by atoms with E-state index in [4.69, 9.17) is 16.3 Å². The second-order valence-electron chi connectivity index (χ2n) is 4.71. The summed E-state index contributed by atoms with van der Waals surface area (Å²) in [4.78, 5) is 0. The van der Waals surface area contributed by atoms with Gasteiger partial charge in [0.05, 0.1) is 18.2 Å². The lowest BCUT2D eigenvalue weighted by Gasteiger charge is -2.11. The van der Waals surface area contributed by atoms with Crippen molar-refractivity contribution in [2.24, 2.45) is 0 Å². The molecule has 3 rings (SSSR count). The minimum absolute atomic E-state index is 0.396. The molecule has 102 valence electrons. The molecule has 3 aromatic rings. The lowest BCUT2D eigenvalue weighted by atomic mass is 10.1. The van der Waals surface area contributed by atoms with Crippen molar-refractivity contribution in [2.45, 2.75) is 13.8 Å². The highest BCUT2D eigenvalue weighted by Crippen LogP contribution is 2.31. The van der Waals surface area contributed by atoms with Crippen LogP contribution in [-0.4, -0.2) is 21.7 Å². The molecule has 0 atom stereocenters. The van der Waals surface area contributed by atoms with Crippen molar-refractivity contribution in [3.05, 3.63) is 46.7 Å². The largest absolute Gasteiger partial charge is 0.496 e. The summed E-state index contributed by atoms with van der Waals surface area (Å²) in [7, 11) is 1.65. The molecular weight excluding hydrogens is 274 g/mol. The van der Waals surface area contributed by atoms with Crippen molar-refractivity contribution in [3.63, 3.8) is 0 Å². The zero-order valence-electron chi connectivity index (χ0n) is 11.5. The van der Waals surface area contributed by atoms with Gasteiger partial charge in [-0.05, 0) is 43.7 Å². The Morgan fingerprint density at radius 1 is 1.10 bits per heavy atom. The topological polar surface area (TPSA) is 39.4 Å². The number of hydrogen-bond donors (Lipinski definition) is 0. The lowest BCUT2D eigenvalue weighted by Crippen LogP contribution is -2.02. The van der Waals surface area contributed by atoms with E-state index in [1.54, 1.807) is 7.11 Å². The average Bonchev–Trinajstić information content (AvgIpc) is 2.83. The van der Waals surface area contributed by atoms with Crippen molar-refractivity contribution in [1.29, 1.82) is 0 Å². The summed E-state index contributed by atoms with van der Waals surface area (Å²) in [5.41, 5.74) is 3.92. The molecule has 2 aromatic heterocycles. The normalized spacial score (nSPS) is 11.0. The van der Waals surface area contributed by atoms with Crippen LogP contribution in [0.2, 0.25) is 5.15 Å². The highest BCUT2D eigenvalue weighted by Gasteiger charge is 2.15. The van der Waals surface area contributed by atoms with E-state index < -0.39 is 0 Å². The first-order chi connectivity index (χ1) is 9.61. The maximum absolute atomic E-state index is 6.10. The molecule has 0 saturated carbocycles. The van der Waals surface area contributed by atoms with Crippen LogP contribution in [0.15, 0.2) is 30.3 Å². The molecule has 4 nitrogen and oxygen atoms in total. The first-order valence-corrected chi connectivity index (χ1v) is 6.65. The van der Waals surface area contributed by atoms with Gasteiger partial charge >= 0.3 is 0 Å². The molecule has 1 aromatic carbocycles. The van der Waals surface area contributed by atoms with Gasteiger partial charge in [0.2, 0.25) is 0 Å². The predicted octanol–water partition coefficient (Wildman–Crippen LogP) is 3.68. The SMILES string of the molecule is COc1cc(C)ccc1-c1nnc(Cl)c2ccc(C)n12. The maximum Gasteiger partial charge on any atom is 0.175 e. The second-order valence-corrected chi connectivity index (χ2v) is 5.07. The van der Waals surface area contributed by atoms with Crippen molar-refractivity contribution in [2.75, 3.05) is 7.11 Å². The van der Waals surface area contributed by atoms with Crippen LogP contribution in [0.4, 0.5) is 0 Å². The van der Waals surface area contributed by atoms with Gasteiger partial charge < -0.3 is 4.74 Å². The van der Waals surface area contributed by atoms with Gasteiger partial charge in [-0.2, -0.15) is 0 Å². The Labute approximate surface area is 122 Å². The molecule has 0 spiro atoms. The van der Waals surface area contributed by atoms with E-state index in [2.05, 4.69) is 10.2 Å². The van der Waals surface area contributed by atoms with Crippen LogP contribution in [0.5, 0.6) is 5.75 Å². The van der Waals surface area contributed by atoms with Crippen LogP contribution in [-0.2, 0) is 0 Å². The molecule has 0 aliphatic rings. The van der Waals surface area contributed by atoms with Crippen LogP contribution in [0.25, 0.3) is 16.9 Å². The summed E-state index contributed by atoms with van der Waals surface area (Å²) >= 11 is 6.10. The van der Waals surface area contributed by atoms with Crippen molar-refractivity contribution >= 4 is 17.1 Å². The summed E-state index contributed by atoms with van der Waals surface area (Å²) in [6.07, 6.45) is 0. The van der Waals surface area contributed by atoms with E-state index in [0.717, 1.165) is 33.9 Å². The standard InChI is InChI=1S/C15H14ClN3O/c1-9-4-6-11(13(8-9)20-3)15-18-17-14(16)12-7-5-10(2)19(12)15/h4-8H,1-3H3. The van der Waals surface area contributed by atoms with Crippen LogP contribution >= 0.6 is 11.6 Å². The molecule has 0 N–H and O–H groups in total. The number of fused-ring (bicyclic) bond motifs is 1. The number of halogens is 1. The highest BCUT2D eigenvalue weighted by atomic mass is 35.5. The van der Waals surface area contributed by atoms with Crippen LogP contribution in [0.3, 0.4) is 0 Å². The monoisotopic (exact) mass is 287 g/mol. The Kier molecular flexibility index (Phi) is 3.10. The van der Waals surface area contributed by atoms with Crippen molar-refractivity contribution in [3.8, 4) is 17.1 Å². The molecule has 0 aliphatic heterocycles. The molecule has 2 heterocycles. The number of benzene rings is 1. The van der Waals surface area contributed by atoms with Gasteiger partial charge in [0, 0.05) is 5.69 Å². The van der Waals surface area contributed by atoms with Crippen LogP contribution in [0, 0.1) is 13.8 Å². The molecule has 20 heavy (non-hydrogen) atoms. The first-order valence-electron chi connectivity index (χ1n) is 6.27. The zero-order valence-corrected chi connectivity index (χ0v) is 12.3. The second kappa shape index (κ2) is 4.80. The molecule has 0 saturated heterocycles. The Hall–Kier alpha value is -2.07. The molecule has 0 aliphatic carbocycles. The van der Waals surface area contributed by atoms with Crippen molar-refractivity contribution in [1.82, 2.24) is 14.6 Å². The average molecular weight is 288 g/mol. The third kappa shape index (κ3) is 1.93. The number of hydrogen-bond acceptors (Lipinski definition) is 3. The Morgan fingerprint density at radius 2 is 1.90 bits per heavy atom. The third-order valence-electron chi connectivity index (χ3n) is 3.33. The molecule has 0 radical (unpaired) electrons. The Balaban J connectivity index is 2.35. The third-order valence-corrected chi connectivity index (χ3v) is 3.60. The Bertz CT molecular complexity index is 795. The lowest BCUT2D eigenvalue weighted by molar-refractivity contribution is 0.415. The fourth-order valence-corrected chi connectivity index (χ4v) is 2.51. The molecule has 0 fully saturated rings. The van der Waals surface area contributed by atoms with Crippen molar-refractivity contribution < 1.29 is 4.74 Å². The fraction of sp³-hybridized carbons (Fsp3) is 0.200. The van der Waals surface area contributed by atoms with Crippen LogP contribution in [0.1, 0.15) is 11.3 Å². The minimum Gasteiger partial charge on any atom is -0.496 e. The zero-order chi connectivity index (χ0) is 14.3. The van der Waals surface area contributed by atoms with E-state index >= 15 is 0 Å². The van der Waals surface area contributed by atoms with E-state index in [0.29, 0.717) is 5.15 Å². The summed E-state index contributed by atoms with van der Waals surface area (Å²) in [5.74, 6) is 1.50. The minimum atomic E-state index is 0.396. The summed E-state index contributed by atoms with van der Waals surface area (Å²) in [5, 5.41) is 8.68. The molecule has 0 amide bonds. The van der Waals surface area contributed by atoms with E-state index in [-0.39, 0.29) is 0 Å². The Morgan fingerprint density at radius 3 is 2.65 bits per heavy atom. The van der Waals surface area contributed by atoms with Gasteiger partial charge in [-0.1, -0.05) is 17.7 Å². The maximum atomic E-state index is 6.10. The van der Waals surface area contributed by atoms with E-state index in [1.165, 1.54) is 0 Å². The first kappa shape index (κ1) is 12.9. The van der Waals surface area contributed by atoms with E-state index in [1.807, 2.05) is 48.6 Å². The number of aromatic nitrogens is 3. The van der Waals surface area contributed by atoms with Gasteiger partial charge in [0.1, 0.15) is 5.75 Å². The van der Waals surface area contributed by atoms with Gasteiger partial charge in [-0.25, -0.2) is 0 Å². The number of methoxy groups -OCH3 is 1. The van der Waals surface area contributed by atoms with Gasteiger partial charge in [0.25, 0.3) is 0 Å². The highest BCUT2D eigenvalue weighted by molar-refractivity contribution is 6.32. The summed E-state index contributed by atoms with van der Waals surface area (Å²) in [6.45, 7) is 4.03. The van der Waals surface area contributed by atoms with Gasteiger partial charge in [0.15, 0.2) is 11.0 Å². The predicted molar refractivity (Wildman–Crippen MR) is 79.5 cm³/mol. The molecule has 0 bridgehead atoms.